The third-order valence-corrected chi connectivity index (χ3v) is 4.50. The molecular weight excluding hydrogens is 220 g/mol. The van der Waals surface area contributed by atoms with Crippen molar-refractivity contribution in [3.05, 3.63) is 35.4 Å². The van der Waals surface area contributed by atoms with E-state index < -0.39 is 5.60 Å². The monoisotopic (exact) mass is 246 g/mol. The Labute approximate surface area is 111 Å². The van der Waals surface area contributed by atoms with Crippen LogP contribution in [0.25, 0.3) is 0 Å². The second-order valence-electron chi connectivity index (χ2n) is 6.74. The smallest absolute Gasteiger partial charge is 0.0688 e. The molecule has 1 N–H and O–H groups in total. The van der Waals surface area contributed by atoms with Crippen molar-refractivity contribution in [2.45, 2.75) is 64.9 Å². The van der Waals surface area contributed by atoms with E-state index in [4.69, 9.17) is 0 Å². The van der Waals surface area contributed by atoms with Crippen molar-refractivity contribution < 1.29 is 5.11 Å². The summed E-state index contributed by atoms with van der Waals surface area (Å²) in [6.07, 6.45) is 6.05. The van der Waals surface area contributed by atoms with Crippen LogP contribution in [0.2, 0.25) is 0 Å². The Morgan fingerprint density at radius 3 is 1.94 bits per heavy atom. The maximum Gasteiger partial charge on any atom is 0.0688 e. The Kier molecular flexibility index (Phi) is 3.82. The molecule has 0 unspecified atom stereocenters. The van der Waals surface area contributed by atoms with Gasteiger partial charge in [0.25, 0.3) is 0 Å². The minimum atomic E-state index is -0.469. The van der Waals surface area contributed by atoms with Gasteiger partial charge in [-0.25, -0.2) is 0 Å². The zero-order valence-electron chi connectivity index (χ0n) is 12.0. The van der Waals surface area contributed by atoms with E-state index in [1.807, 2.05) is 0 Å². The SMILES string of the molecule is CCc1ccc(CC2(O)CCC(C)(C)CC2)cc1. The molecule has 1 aromatic carbocycles. The first kappa shape index (κ1) is 13.6. The van der Waals surface area contributed by atoms with Gasteiger partial charge in [-0.3, -0.25) is 0 Å². The highest BCUT2D eigenvalue weighted by molar-refractivity contribution is 5.24. The lowest BCUT2D eigenvalue weighted by Gasteiger charge is -2.40. The second-order valence-corrected chi connectivity index (χ2v) is 6.74. The molecule has 0 radical (unpaired) electrons. The zero-order valence-corrected chi connectivity index (χ0v) is 12.0. The molecule has 1 saturated carbocycles. The maximum atomic E-state index is 10.7. The fourth-order valence-corrected chi connectivity index (χ4v) is 2.84. The maximum absolute atomic E-state index is 10.7. The van der Waals surface area contributed by atoms with Crippen LogP contribution >= 0.6 is 0 Å². The number of benzene rings is 1. The number of aryl methyl sites for hydroxylation is 1. The quantitative estimate of drug-likeness (QED) is 0.850. The molecule has 2 rings (SSSR count). The van der Waals surface area contributed by atoms with Gasteiger partial charge >= 0.3 is 0 Å². The van der Waals surface area contributed by atoms with Crippen LogP contribution in [0, 0.1) is 5.41 Å². The highest BCUT2D eigenvalue weighted by Gasteiger charge is 2.36. The molecule has 100 valence electrons. The predicted octanol–water partition coefficient (Wildman–Crippen LogP) is 4.12. The van der Waals surface area contributed by atoms with Crippen molar-refractivity contribution in [3.8, 4) is 0 Å². The first-order valence-electron chi connectivity index (χ1n) is 7.23. The first-order chi connectivity index (χ1) is 8.42. The molecule has 1 fully saturated rings. The second kappa shape index (κ2) is 5.05. The van der Waals surface area contributed by atoms with Gasteiger partial charge in [0.05, 0.1) is 5.60 Å². The number of hydrogen-bond acceptors (Lipinski definition) is 1. The Morgan fingerprint density at radius 1 is 0.944 bits per heavy atom. The number of aliphatic hydroxyl groups is 1. The summed E-state index contributed by atoms with van der Waals surface area (Å²) < 4.78 is 0. The standard InChI is InChI=1S/C17H26O/c1-4-14-5-7-15(8-6-14)13-17(18)11-9-16(2,3)10-12-17/h5-8,18H,4,9-13H2,1-3H3. The third kappa shape index (κ3) is 3.35. The molecule has 0 spiro atoms. The zero-order chi connectivity index (χ0) is 13.2. The minimum absolute atomic E-state index is 0.415. The Bertz CT molecular complexity index is 379. The largest absolute Gasteiger partial charge is 0.390 e. The van der Waals surface area contributed by atoms with Crippen molar-refractivity contribution in [3.63, 3.8) is 0 Å². The van der Waals surface area contributed by atoms with Crippen LogP contribution in [0.3, 0.4) is 0 Å². The molecule has 1 aromatic rings. The third-order valence-electron chi connectivity index (χ3n) is 4.50. The lowest BCUT2D eigenvalue weighted by molar-refractivity contribution is -0.0251. The van der Waals surface area contributed by atoms with Crippen molar-refractivity contribution in [2.24, 2.45) is 5.41 Å². The summed E-state index contributed by atoms with van der Waals surface area (Å²) in [6, 6.07) is 8.73. The van der Waals surface area contributed by atoms with E-state index in [9.17, 15) is 5.11 Å². The molecule has 0 heterocycles. The Hall–Kier alpha value is -0.820. The van der Waals surface area contributed by atoms with Crippen LogP contribution in [0.4, 0.5) is 0 Å². The number of hydrogen-bond donors (Lipinski definition) is 1. The first-order valence-corrected chi connectivity index (χ1v) is 7.23. The summed E-state index contributed by atoms with van der Waals surface area (Å²) in [5.74, 6) is 0. The molecule has 1 aliphatic carbocycles. The normalized spacial score (nSPS) is 21.8. The van der Waals surface area contributed by atoms with E-state index >= 15 is 0 Å². The molecule has 0 amide bonds. The van der Waals surface area contributed by atoms with Crippen LogP contribution in [-0.2, 0) is 12.8 Å². The van der Waals surface area contributed by atoms with Gasteiger partial charge < -0.3 is 5.11 Å². The van der Waals surface area contributed by atoms with E-state index in [1.54, 1.807) is 0 Å². The summed E-state index contributed by atoms with van der Waals surface area (Å²) in [7, 11) is 0. The van der Waals surface area contributed by atoms with E-state index in [0.717, 1.165) is 38.5 Å². The van der Waals surface area contributed by atoms with Gasteiger partial charge in [0, 0.05) is 6.42 Å². The fraction of sp³-hybridized carbons (Fsp3) is 0.647. The fourth-order valence-electron chi connectivity index (χ4n) is 2.84. The average molecular weight is 246 g/mol. The topological polar surface area (TPSA) is 20.2 Å². The lowest BCUT2D eigenvalue weighted by atomic mass is 9.69. The molecule has 0 bridgehead atoms. The summed E-state index contributed by atoms with van der Waals surface area (Å²) in [5, 5.41) is 10.7. The van der Waals surface area contributed by atoms with E-state index in [2.05, 4.69) is 45.0 Å². The lowest BCUT2D eigenvalue weighted by Crippen LogP contribution is -2.38. The van der Waals surface area contributed by atoms with Gasteiger partial charge in [-0.05, 0) is 48.6 Å². The number of rotatable bonds is 3. The molecule has 0 saturated heterocycles. The Morgan fingerprint density at radius 2 is 1.44 bits per heavy atom. The van der Waals surface area contributed by atoms with Crippen LogP contribution < -0.4 is 0 Å². The Balaban J connectivity index is 2.00. The highest BCUT2D eigenvalue weighted by atomic mass is 16.3. The average Bonchev–Trinajstić information content (AvgIpc) is 2.35. The van der Waals surface area contributed by atoms with Crippen molar-refractivity contribution in [1.82, 2.24) is 0 Å². The predicted molar refractivity (Wildman–Crippen MR) is 76.7 cm³/mol. The molecule has 0 aromatic heterocycles. The van der Waals surface area contributed by atoms with Crippen LogP contribution in [-0.4, -0.2) is 10.7 Å². The molecule has 1 heteroatoms. The van der Waals surface area contributed by atoms with Crippen LogP contribution in [0.15, 0.2) is 24.3 Å². The van der Waals surface area contributed by atoms with E-state index in [0.29, 0.717) is 5.41 Å². The van der Waals surface area contributed by atoms with E-state index in [-0.39, 0.29) is 0 Å². The molecule has 1 aliphatic rings. The van der Waals surface area contributed by atoms with Gasteiger partial charge in [0.15, 0.2) is 0 Å². The minimum Gasteiger partial charge on any atom is -0.390 e. The summed E-state index contributed by atoms with van der Waals surface area (Å²) >= 11 is 0. The van der Waals surface area contributed by atoms with Gasteiger partial charge in [0.2, 0.25) is 0 Å². The van der Waals surface area contributed by atoms with Crippen molar-refractivity contribution >= 4 is 0 Å². The van der Waals surface area contributed by atoms with Gasteiger partial charge in [-0.15, -0.1) is 0 Å². The van der Waals surface area contributed by atoms with Gasteiger partial charge in [-0.2, -0.15) is 0 Å². The molecular formula is C17H26O. The highest BCUT2D eigenvalue weighted by Crippen LogP contribution is 2.41. The molecule has 1 nitrogen and oxygen atoms in total. The van der Waals surface area contributed by atoms with E-state index in [1.165, 1.54) is 11.1 Å². The van der Waals surface area contributed by atoms with Crippen molar-refractivity contribution in [2.75, 3.05) is 0 Å². The summed E-state index contributed by atoms with van der Waals surface area (Å²) in [6.45, 7) is 6.79. The molecule has 18 heavy (non-hydrogen) atoms. The van der Waals surface area contributed by atoms with Crippen LogP contribution in [0.1, 0.15) is 57.6 Å². The van der Waals surface area contributed by atoms with Crippen LogP contribution in [0.5, 0.6) is 0 Å². The molecule has 0 aliphatic heterocycles. The van der Waals surface area contributed by atoms with Crippen molar-refractivity contribution in [1.29, 1.82) is 0 Å². The summed E-state index contributed by atoms with van der Waals surface area (Å²) in [5.41, 5.74) is 2.59. The van der Waals surface area contributed by atoms with Gasteiger partial charge in [-0.1, -0.05) is 45.0 Å². The molecule has 0 atom stereocenters. The summed E-state index contributed by atoms with van der Waals surface area (Å²) in [4.78, 5) is 0. The van der Waals surface area contributed by atoms with Gasteiger partial charge in [0.1, 0.15) is 0 Å².